The molecule has 0 amide bonds. The van der Waals surface area contributed by atoms with E-state index in [0.717, 1.165) is 5.57 Å². The lowest BCUT2D eigenvalue weighted by molar-refractivity contribution is 0.0414. The largest absolute Gasteiger partial charge is 0.508 e. The van der Waals surface area contributed by atoms with Crippen LogP contribution >= 0.6 is 0 Å². The Labute approximate surface area is 72.1 Å². The highest BCUT2D eigenvalue weighted by Crippen LogP contribution is 1.91. The van der Waals surface area contributed by atoms with Crippen LogP contribution in [0, 0.1) is 0 Å². The zero-order valence-corrected chi connectivity index (χ0v) is 7.46. The van der Waals surface area contributed by atoms with E-state index in [2.05, 4.69) is 20.8 Å². The van der Waals surface area contributed by atoms with Crippen LogP contribution in [-0.4, -0.2) is 33.1 Å². The van der Waals surface area contributed by atoms with Crippen molar-refractivity contribution >= 4 is 6.16 Å². The first kappa shape index (κ1) is 11.0. The van der Waals surface area contributed by atoms with Crippen LogP contribution in [0.5, 0.6) is 0 Å². The maximum Gasteiger partial charge on any atom is 0.508 e. The van der Waals surface area contributed by atoms with Crippen LogP contribution in [0.25, 0.3) is 0 Å². The van der Waals surface area contributed by atoms with E-state index in [4.69, 9.17) is 0 Å². The van der Waals surface area contributed by atoms with Crippen LogP contribution in [-0.2, 0) is 14.2 Å². The zero-order chi connectivity index (χ0) is 9.40. The number of ether oxygens (including phenoxy) is 3. The fraction of sp³-hybridized carbons (Fsp3) is 0.625. The number of rotatable bonds is 5. The average Bonchev–Trinajstić information content (AvgIpc) is 2.01. The fourth-order valence-electron chi connectivity index (χ4n) is 0.432. The number of hydrogen-bond acceptors (Lipinski definition) is 4. The normalized spacial score (nSPS) is 9.17. The second kappa shape index (κ2) is 6.67. The first-order valence-corrected chi connectivity index (χ1v) is 3.59. The maximum atomic E-state index is 10.7. The molecule has 12 heavy (non-hydrogen) atoms. The number of carbonyl (C=O) groups is 1. The van der Waals surface area contributed by atoms with E-state index in [9.17, 15) is 4.79 Å². The summed E-state index contributed by atoms with van der Waals surface area (Å²) in [4.78, 5) is 10.7. The van der Waals surface area contributed by atoms with Gasteiger partial charge in [-0.25, -0.2) is 4.79 Å². The molecule has 70 valence electrons. The molecule has 0 N–H and O–H groups in total. The van der Waals surface area contributed by atoms with Crippen molar-refractivity contribution in [3.8, 4) is 0 Å². The molecule has 0 heterocycles. The minimum atomic E-state index is -0.685. The van der Waals surface area contributed by atoms with Gasteiger partial charge >= 0.3 is 6.16 Å². The summed E-state index contributed by atoms with van der Waals surface area (Å²) < 4.78 is 13.9. The van der Waals surface area contributed by atoms with E-state index in [0.29, 0.717) is 6.61 Å². The first-order chi connectivity index (χ1) is 5.66. The smallest absolute Gasteiger partial charge is 0.432 e. The van der Waals surface area contributed by atoms with Gasteiger partial charge in [0.15, 0.2) is 0 Å². The molecule has 0 saturated carbocycles. The Bertz CT molecular complexity index is 153. The lowest BCUT2D eigenvalue weighted by Gasteiger charge is -2.04. The Morgan fingerprint density at radius 2 is 2.00 bits per heavy atom. The van der Waals surface area contributed by atoms with Crippen LogP contribution in [0.2, 0.25) is 0 Å². The van der Waals surface area contributed by atoms with Gasteiger partial charge < -0.3 is 14.2 Å². The SMILES string of the molecule is C=C(C)COC(=O)OCCOC. The predicted molar refractivity (Wildman–Crippen MR) is 44.0 cm³/mol. The molecule has 0 unspecified atom stereocenters. The molecule has 0 aromatic heterocycles. The average molecular weight is 174 g/mol. The highest BCUT2D eigenvalue weighted by atomic mass is 16.7. The van der Waals surface area contributed by atoms with Gasteiger partial charge in [-0.3, -0.25) is 0 Å². The molecule has 0 rings (SSSR count). The maximum absolute atomic E-state index is 10.7. The minimum Gasteiger partial charge on any atom is -0.432 e. The number of carbonyl (C=O) groups excluding carboxylic acids is 1. The Balaban J connectivity index is 3.28. The Kier molecular flexibility index (Phi) is 6.09. The molecule has 4 nitrogen and oxygen atoms in total. The van der Waals surface area contributed by atoms with Gasteiger partial charge in [0.2, 0.25) is 0 Å². The summed E-state index contributed by atoms with van der Waals surface area (Å²) in [5, 5.41) is 0. The summed E-state index contributed by atoms with van der Waals surface area (Å²) >= 11 is 0. The van der Waals surface area contributed by atoms with Crippen molar-refractivity contribution in [2.45, 2.75) is 6.92 Å². The molecule has 0 radical (unpaired) electrons. The van der Waals surface area contributed by atoms with E-state index in [-0.39, 0.29) is 13.2 Å². The molecule has 0 aliphatic carbocycles. The van der Waals surface area contributed by atoms with Crippen molar-refractivity contribution in [2.24, 2.45) is 0 Å². The van der Waals surface area contributed by atoms with E-state index in [1.807, 2.05) is 0 Å². The molecule has 0 aromatic rings. The molecular formula is C8H14O4. The van der Waals surface area contributed by atoms with Gasteiger partial charge in [0, 0.05) is 7.11 Å². The lowest BCUT2D eigenvalue weighted by atomic mass is 10.4. The molecule has 0 spiro atoms. The summed E-state index contributed by atoms with van der Waals surface area (Å²) in [6.07, 6.45) is -0.685. The second-order valence-electron chi connectivity index (χ2n) is 2.34. The van der Waals surface area contributed by atoms with Gasteiger partial charge in [-0.05, 0) is 12.5 Å². The van der Waals surface area contributed by atoms with E-state index >= 15 is 0 Å². The molecule has 0 aliphatic rings. The second-order valence-corrected chi connectivity index (χ2v) is 2.34. The Morgan fingerprint density at radius 1 is 1.33 bits per heavy atom. The van der Waals surface area contributed by atoms with Crippen LogP contribution in [0.1, 0.15) is 6.92 Å². The fourth-order valence-corrected chi connectivity index (χ4v) is 0.432. The zero-order valence-electron chi connectivity index (χ0n) is 7.46. The third kappa shape index (κ3) is 7.08. The van der Waals surface area contributed by atoms with Gasteiger partial charge in [-0.15, -0.1) is 0 Å². The van der Waals surface area contributed by atoms with Crippen molar-refractivity contribution in [1.82, 2.24) is 0 Å². The summed E-state index contributed by atoms with van der Waals surface area (Å²) in [5.41, 5.74) is 0.777. The van der Waals surface area contributed by atoms with Crippen LogP contribution in [0.15, 0.2) is 12.2 Å². The van der Waals surface area contributed by atoms with Gasteiger partial charge in [-0.1, -0.05) is 6.58 Å². The van der Waals surface area contributed by atoms with Crippen molar-refractivity contribution in [1.29, 1.82) is 0 Å². The quantitative estimate of drug-likeness (QED) is 0.358. The van der Waals surface area contributed by atoms with Crippen molar-refractivity contribution in [2.75, 3.05) is 26.9 Å². The van der Waals surface area contributed by atoms with Crippen LogP contribution < -0.4 is 0 Å². The highest BCUT2D eigenvalue weighted by molar-refractivity contribution is 5.60. The highest BCUT2D eigenvalue weighted by Gasteiger charge is 2.01. The van der Waals surface area contributed by atoms with E-state index in [1.165, 1.54) is 7.11 Å². The van der Waals surface area contributed by atoms with Crippen LogP contribution in [0.3, 0.4) is 0 Å². The lowest BCUT2D eigenvalue weighted by Crippen LogP contribution is -2.12. The standard InChI is InChI=1S/C8H14O4/c1-7(2)6-12-8(9)11-5-4-10-3/h1,4-6H2,2-3H3. The van der Waals surface area contributed by atoms with Gasteiger partial charge in [-0.2, -0.15) is 0 Å². The molecule has 0 atom stereocenters. The summed E-state index contributed by atoms with van der Waals surface area (Å²) in [6.45, 7) is 6.12. The van der Waals surface area contributed by atoms with Crippen molar-refractivity contribution in [3.05, 3.63) is 12.2 Å². The third-order valence-electron chi connectivity index (χ3n) is 0.944. The van der Waals surface area contributed by atoms with Crippen LogP contribution in [0.4, 0.5) is 4.79 Å². The van der Waals surface area contributed by atoms with Gasteiger partial charge in [0.25, 0.3) is 0 Å². The van der Waals surface area contributed by atoms with Gasteiger partial charge in [0.1, 0.15) is 13.2 Å². The molecule has 0 bridgehead atoms. The molecule has 4 heteroatoms. The molecule has 0 aromatic carbocycles. The number of hydrogen-bond donors (Lipinski definition) is 0. The van der Waals surface area contributed by atoms with Crippen molar-refractivity contribution in [3.63, 3.8) is 0 Å². The summed E-state index contributed by atoms with van der Waals surface area (Å²) in [7, 11) is 1.53. The Morgan fingerprint density at radius 3 is 2.50 bits per heavy atom. The van der Waals surface area contributed by atoms with E-state index in [1.54, 1.807) is 6.92 Å². The topological polar surface area (TPSA) is 44.8 Å². The predicted octanol–water partition coefficient (Wildman–Crippen LogP) is 1.36. The first-order valence-electron chi connectivity index (χ1n) is 3.59. The molecule has 0 saturated heterocycles. The van der Waals surface area contributed by atoms with E-state index < -0.39 is 6.16 Å². The monoisotopic (exact) mass is 174 g/mol. The minimum absolute atomic E-state index is 0.200. The van der Waals surface area contributed by atoms with Gasteiger partial charge in [0.05, 0.1) is 6.61 Å². The third-order valence-corrected chi connectivity index (χ3v) is 0.944. The molecule has 0 fully saturated rings. The molecule has 0 aliphatic heterocycles. The Hall–Kier alpha value is -1.03. The molecular weight excluding hydrogens is 160 g/mol. The summed E-state index contributed by atoms with van der Waals surface area (Å²) in [6, 6.07) is 0. The summed E-state index contributed by atoms with van der Waals surface area (Å²) in [5.74, 6) is 0. The van der Waals surface area contributed by atoms with Crippen molar-refractivity contribution < 1.29 is 19.0 Å². The number of methoxy groups -OCH3 is 1.